The maximum Gasteiger partial charge on any atom is 0.278 e. The van der Waals surface area contributed by atoms with Crippen molar-refractivity contribution < 1.29 is 4.42 Å². The summed E-state index contributed by atoms with van der Waals surface area (Å²) < 4.78 is 7.75. The molecule has 118 valence electrons. The van der Waals surface area contributed by atoms with Crippen molar-refractivity contribution in [2.75, 3.05) is 0 Å². The maximum absolute atomic E-state index is 12.4. The third-order valence-corrected chi connectivity index (χ3v) is 3.95. The molecule has 0 fully saturated rings. The summed E-state index contributed by atoms with van der Waals surface area (Å²) in [5.74, 6) is 0.671. The van der Waals surface area contributed by atoms with Gasteiger partial charge in [0.15, 0.2) is 0 Å². The summed E-state index contributed by atoms with van der Waals surface area (Å²) in [6.45, 7) is 0.0671. The predicted octanol–water partition coefficient (Wildman–Crippen LogP) is 2.65. The molecule has 2 aromatic carbocycles. The fourth-order valence-corrected chi connectivity index (χ4v) is 2.71. The van der Waals surface area contributed by atoms with Crippen LogP contribution in [0.4, 0.5) is 0 Å². The van der Waals surface area contributed by atoms with E-state index in [1.165, 1.54) is 4.68 Å². The van der Waals surface area contributed by atoms with Crippen LogP contribution >= 0.6 is 15.9 Å². The number of fused-ring (bicyclic) bond motifs is 1. The molecular weight excluding hydrogens is 374 g/mol. The van der Waals surface area contributed by atoms with E-state index in [0.717, 1.165) is 10.0 Å². The second-order valence-electron chi connectivity index (χ2n) is 5.08. The Morgan fingerprint density at radius 2 is 1.92 bits per heavy atom. The van der Waals surface area contributed by atoms with Crippen LogP contribution in [0.15, 0.2) is 62.2 Å². The highest BCUT2D eigenvalue weighted by atomic mass is 79.9. The van der Waals surface area contributed by atoms with E-state index >= 15 is 0 Å². The van der Waals surface area contributed by atoms with Crippen LogP contribution in [0.2, 0.25) is 0 Å². The van der Waals surface area contributed by atoms with Gasteiger partial charge in [-0.15, -0.1) is 15.3 Å². The van der Waals surface area contributed by atoms with Crippen molar-refractivity contribution >= 4 is 26.8 Å². The lowest BCUT2D eigenvalue weighted by atomic mass is 10.2. The fraction of sp³-hybridized carbons (Fsp3) is 0.0625. The van der Waals surface area contributed by atoms with Crippen LogP contribution in [-0.4, -0.2) is 25.2 Å². The van der Waals surface area contributed by atoms with Crippen LogP contribution in [0.25, 0.3) is 22.4 Å². The Labute approximate surface area is 144 Å². The van der Waals surface area contributed by atoms with Crippen molar-refractivity contribution in [3.8, 4) is 11.5 Å². The molecule has 4 aromatic rings. The smallest absolute Gasteiger partial charge is 0.278 e. The SMILES string of the molecule is O=c1c2ccccc2nnn1Cc1nnc(-c2cccc(Br)c2)o1. The van der Waals surface area contributed by atoms with Crippen molar-refractivity contribution in [2.24, 2.45) is 0 Å². The van der Waals surface area contributed by atoms with Gasteiger partial charge in [-0.3, -0.25) is 4.79 Å². The monoisotopic (exact) mass is 383 g/mol. The minimum Gasteiger partial charge on any atom is -0.419 e. The highest BCUT2D eigenvalue weighted by Gasteiger charge is 2.12. The van der Waals surface area contributed by atoms with Gasteiger partial charge in [-0.25, -0.2) is 4.68 Å². The van der Waals surface area contributed by atoms with Gasteiger partial charge in [0, 0.05) is 10.0 Å². The topological polar surface area (TPSA) is 86.7 Å². The van der Waals surface area contributed by atoms with Gasteiger partial charge in [0.1, 0.15) is 12.1 Å². The van der Waals surface area contributed by atoms with E-state index < -0.39 is 0 Å². The largest absolute Gasteiger partial charge is 0.419 e. The second kappa shape index (κ2) is 5.97. The van der Waals surface area contributed by atoms with Crippen LogP contribution in [0, 0.1) is 0 Å². The molecule has 2 aromatic heterocycles. The zero-order valence-corrected chi connectivity index (χ0v) is 13.8. The Hall–Kier alpha value is -2.87. The highest BCUT2D eigenvalue weighted by molar-refractivity contribution is 9.10. The molecule has 0 saturated heterocycles. The summed E-state index contributed by atoms with van der Waals surface area (Å²) >= 11 is 3.40. The van der Waals surface area contributed by atoms with E-state index in [-0.39, 0.29) is 18.0 Å². The lowest BCUT2D eigenvalue weighted by Crippen LogP contribution is -2.24. The Morgan fingerprint density at radius 1 is 1.04 bits per heavy atom. The summed E-state index contributed by atoms with van der Waals surface area (Å²) in [5, 5.41) is 16.4. The standard InChI is InChI=1S/C16H10BrN5O2/c17-11-5-3-4-10(8-11)15-20-19-14(24-15)9-22-16(23)12-6-1-2-7-13(12)18-21-22/h1-8H,9H2. The quantitative estimate of drug-likeness (QED) is 0.540. The van der Waals surface area contributed by atoms with Crippen LogP contribution < -0.4 is 5.56 Å². The molecule has 0 spiro atoms. The zero-order chi connectivity index (χ0) is 16.5. The number of nitrogens with zero attached hydrogens (tertiary/aromatic N) is 5. The molecule has 0 aliphatic rings. The molecule has 8 heteroatoms. The molecular formula is C16H10BrN5O2. The first-order valence-corrected chi connectivity index (χ1v) is 7.91. The summed E-state index contributed by atoms with van der Waals surface area (Å²) in [6.07, 6.45) is 0. The first-order valence-electron chi connectivity index (χ1n) is 7.11. The molecule has 0 N–H and O–H groups in total. The lowest BCUT2D eigenvalue weighted by Gasteiger charge is -2.01. The second-order valence-corrected chi connectivity index (χ2v) is 6.00. The highest BCUT2D eigenvalue weighted by Crippen LogP contribution is 2.21. The number of hydrogen-bond acceptors (Lipinski definition) is 6. The molecule has 7 nitrogen and oxygen atoms in total. The molecule has 2 heterocycles. The zero-order valence-electron chi connectivity index (χ0n) is 12.3. The van der Waals surface area contributed by atoms with E-state index in [4.69, 9.17) is 4.42 Å². The number of benzene rings is 2. The van der Waals surface area contributed by atoms with Crippen molar-refractivity contribution in [1.82, 2.24) is 25.2 Å². The summed E-state index contributed by atoms with van der Waals surface area (Å²) in [5.41, 5.74) is 1.10. The number of hydrogen-bond donors (Lipinski definition) is 0. The molecule has 0 atom stereocenters. The minimum absolute atomic E-state index is 0.0671. The Bertz CT molecular complexity index is 1090. The first-order chi connectivity index (χ1) is 11.7. The van der Waals surface area contributed by atoms with Gasteiger partial charge in [-0.1, -0.05) is 39.3 Å². The Balaban J connectivity index is 1.67. The van der Waals surface area contributed by atoms with Gasteiger partial charge in [0.25, 0.3) is 5.56 Å². The lowest BCUT2D eigenvalue weighted by molar-refractivity contribution is 0.458. The summed E-state index contributed by atoms with van der Waals surface area (Å²) in [6, 6.07) is 14.6. The molecule has 0 radical (unpaired) electrons. The molecule has 0 saturated carbocycles. The maximum atomic E-state index is 12.4. The van der Waals surface area contributed by atoms with Gasteiger partial charge >= 0.3 is 0 Å². The third-order valence-electron chi connectivity index (χ3n) is 3.45. The average molecular weight is 384 g/mol. The first kappa shape index (κ1) is 14.7. The molecule has 0 bridgehead atoms. The van der Waals surface area contributed by atoms with E-state index in [2.05, 4.69) is 36.4 Å². The van der Waals surface area contributed by atoms with E-state index in [9.17, 15) is 4.79 Å². The van der Waals surface area contributed by atoms with Crippen molar-refractivity contribution in [3.05, 3.63) is 69.2 Å². The van der Waals surface area contributed by atoms with E-state index in [1.807, 2.05) is 30.3 Å². The molecule has 0 amide bonds. The van der Waals surface area contributed by atoms with Crippen molar-refractivity contribution in [2.45, 2.75) is 6.54 Å². The van der Waals surface area contributed by atoms with E-state index in [0.29, 0.717) is 16.8 Å². The number of aromatic nitrogens is 5. The normalized spacial score (nSPS) is 11.0. The van der Waals surface area contributed by atoms with Gasteiger partial charge in [-0.05, 0) is 30.3 Å². The third kappa shape index (κ3) is 2.71. The molecule has 24 heavy (non-hydrogen) atoms. The number of halogens is 1. The molecule has 0 aliphatic heterocycles. The predicted molar refractivity (Wildman–Crippen MR) is 90.3 cm³/mol. The number of rotatable bonds is 3. The van der Waals surface area contributed by atoms with Crippen LogP contribution in [0.5, 0.6) is 0 Å². The summed E-state index contributed by atoms with van der Waals surface area (Å²) in [7, 11) is 0. The van der Waals surface area contributed by atoms with Gasteiger partial charge in [0.05, 0.1) is 5.39 Å². The van der Waals surface area contributed by atoms with Crippen molar-refractivity contribution in [3.63, 3.8) is 0 Å². The molecule has 0 unspecified atom stereocenters. The fourth-order valence-electron chi connectivity index (χ4n) is 2.31. The minimum atomic E-state index is -0.247. The molecule has 4 rings (SSSR count). The van der Waals surface area contributed by atoms with Gasteiger partial charge < -0.3 is 4.42 Å². The van der Waals surface area contributed by atoms with Crippen LogP contribution in [-0.2, 0) is 6.54 Å². The van der Waals surface area contributed by atoms with Crippen molar-refractivity contribution in [1.29, 1.82) is 0 Å². The average Bonchev–Trinajstić information content (AvgIpc) is 3.06. The van der Waals surface area contributed by atoms with Gasteiger partial charge in [-0.2, -0.15) is 0 Å². The summed E-state index contributed by atoms with van der Waals surface area (Å²) in [4.78, 5) is 12.4. The Morgan fingerprint density at radius 3 is 2.79 bits per heavy atom. The molecule has 0 aliphatic carbocycles. The van der Waals surface area contributed by atoms with E-state index in [1.54, 1.807) is 18.2 Å². The van der Waals surface area contributed by atoms with Gasteiger partial charge in [0.2, 0.25) is 11.8 Å². The van der Waals surface area contributed by atoms with Crippen LogP contribution in [0.3, 0.4) is 0 Å². The van der Waals surface area contributed by atoms with Crippen LogP contribution in [0.1, 0.15) is 5.89 Å². The Kier molecular flexibility index (Phi) is 3.66.